The molecule has 0 fully saturated rings. The monoisotopic (exact) mass is 237 g/mol. The van der Waals surface area contributed by atoms with Crippen LogP contribution >= 0.6 is 0 Å². The lowest BCUT2D eigenvalue weighted by Crippen LogP contribution is -2.02. The molecule has 3 nitrogen and oxygen atoms in total. The van der Waals surface area contributed by atoms with Crippen LogP contribution in [0.4, 0.5) is 0 Å². The van der Waals surface area contributed by atoms with E-state index in [1.807, 2.05) is 24.3 Å². The molecule has 0 aliphatic rings. The van der Waals surface area contributed by atoms with E-state index in [4.69, 9.17) is 0 Å². The smallest absolute Gasteiger partial charge is 0.178 e. The third kappa shape index (κ3) is 1.68. The molecule has 2 aromatic heterocycles. The zero-order valence-electron chi connectivity index (χ0n) is 10.5. The molecular weight excluding hydrogens is 222 g/mol. The average molecular weight is 237 g/mol. The highest BCUT2D eigenvalue weighted by atomic mass is 15.1. The van der Waals surface area contributed by atoms with E-state index in [1.165, 1.54) is 0 Å². The van der Waals surface area contributed by atoms with Crippen LogP contribution in [0, 0.1) is 0 Å². The minimum absolute atomic E-state index is 0.361. The fourth-order valence-electron chi connectivity index (χ4n) is 2.17. The Hall–Kier alpha value is -2.16. The van der Waals surface area contributed by atoms with Crippen molar-refractivity contribution >= 4 is 11.2 Å². The molecule has 1 aromatic carbocycles. The first-order valence-corrected chi connectivity index (χ1v) is 6.16. The summed E-state index contributed by atoms with van der Waals surface area (Å²) in [4.78, 5) is 8.98. The van der Waals surface area contributed by atoms with Crippen LogP contribution in [0.5, 0.6) is 0 Å². The lowest BCUT2D eigenvalue weighted by Gasteiger charge is -2.10. The summed E-state index contributed by atoms with van der Waals surface area (Å²) in [6.07, 6.45) is 1.79. The van der Waals surface area contributed by atoms with Crippen LogP contribution in [-0.2, 0) is 0 Å². The van der Waals surface area contributed by atoms with Gasteiger partial charge in [-0.1, -0.05) is 32.0 Å². The molecule has 0 bridgehead atoms. The van der Waals surface area contributed by atoms with E-state index in [0.717, 1.165) is 22.7 Å². The average Bonchev–Trinajstić information content (AvgIpc) is 2.79. The van der Waals surface area contributed by atoms with Crippen molar-refractivity contribution in [1.82, 2.24) is 14.5 Å². The molecule has 0 radical (unpaired) electrons. The molecule has 0 atom stereocenters. The first kappa shape index (κ1) is 11.0. The maximum absolute atomic E-state index is 4.64. The van der Waals surface area contributed by atoms with E-state index in [1.54, 1.807) is 6.20 Å². The molecule has 0 saturated carbocycles. The Labute approximate surface area is 106 Å². The highest BCUT2D eigenvalue weighted by molar-refractivity contribution is 5.74. The van der Waals surface area contributed by atoms with Gasteiger partial charge in [-0.2, -0.15) is 0 Å². The molecule has 0 spiro atoms. The third-order valence-electron chi connectivity index (χ3n) is 2.99. The summed E-state index contributed by atoms with van der Waals surface area (Å²) >= 11 is 0. The topological polar surface area (TPSA) is 30.7 Å². The largest absolute Gasteiger partial charge is 0.294 e. The molecule has 18 heavy (non-hydrogen) atoms. The molecule has 3 rings (SSSR count). The number of imidazole rings is 1. The molecule has 2 heterocycles. The fraction of sp³-hybridized carbons (Fsp3) is 0.200. The number of benzene rings is 1. The molecule has 90 valence electrons. The van der Waals surface area contributed by atoms with Gasteiger partial charge in [-0.15, -0.1) is 0 Å². The van der Waals surface area contributed by atoms with E-state index in [9.17, 15) is 0 Å². The van der Waals surface area contributed by atoms with Gasteiger partial charge in [0.2, 0.25) is 0 Å². The Morgan fingerprint density at radius 1 is 1.00 bits per heavy atom. The Kier molecular flexibility index (Phi) is 2.59. The first-order valence-electron chi connectivity index (χ1n) is 6.16. The highest BCUT2D eigenvalue weighted by Crippen LogP contribution is 2.24. The number of pyridine rings is 1. The number of nitrogens with zero attached hydrogens (tertiary/aromatic N) is 3. The summed E-state index contributed by atoms with van der Waals surface area (Å²) in [5.74, 6) is 1.41. The van der Waals surface area contributed by atoms with Crippen molar-refractivity contribution in [3.8, 4) is 5.69 Å². The summed E-state index contributed by atoms with van der Waals surface area (Å²) in [5, 5.41) is 0. The zero-order valence-corrected chi connectivity index (χ0v) is 10.5. The quantitative estimate of drug-likeness (QED) is 0.682. The van der Waals surface area contributed by atoms with Gasteiger partial charge in [-0.3, -0.25) is 4.57 Å². The van der Waals surface area contributed by atoms with Gasteiger partial charge in [0.1, 0.15) is 5.82 Å². The Bertz CT molecular complexity index is 669. The van der Waals surface area contributed by atoms with Crippen molar-refractivity contribution in [2.45, 2.75) is 19.8 Å². The second kappa shape index (κ2) is 4.26. The molecule has 0 aliphatic carbocycles. The molecule has 0 saturated heterocycles. The normalized spacial score (nSPS) is 11.3. The molecule has 0 unspecified atom stereocenters. The Morgan fingerprint density at radius 3 is 2.50 bits per heavy atom. The van der Waals surface area contributed by atoms with E-state index < -0.39 is 0 Å². The van der Waals surface area contributed by atoms with Gasteiger partial charge in [0.15, 0.2) is 5.65 Å². The fourth-order valence-corrected chi connectivity index (χ4v) is 2.17. The van der Waals surface area contributed by atoms with E-state index in [0.29, 0.717) is 5.92 Å². The van der Waals surface area contributed by atoms with Crippen molar-refractivity contribution in [1.29, 1.82) is 0 Å². The summed E-state index contributed by atoms with van der Waals surface area (Å²) < 4.78 is 2.19. The highest BCUT2D eigenvalue weighted by Gasteiger charge is 2.14. The van der Waals surface area contributed by atoms with Crippen molar-refractivity contribution in [2.75, 3.05) is 0 Å². The van der Waals surface area contributed by atoms with Gasteiger partial charge in [-0.05, 0) is 24.3 Å². The van der Waals surface area contributed by atoms with Crippen LogP contribution in [0.3, 0.4) is 0 Å². The molecule has 0 amide bonds. The van der Waals surface area contributed by atoms with Crippen LogP contribution in [-0.4, -0.2) is 14.5 Å². The number of rotatable bonds is 2. The molecule has 0 aliphatic heterocycles. The number of para-hydroxylation sites is 1. The van der Waals surface area contributed by atoms with E-state index >= 15 is 0 Å². The lowest BCUT2D eigenvalue weighted by atomic mass is 10.2. The van der Waals surface area contributed by atoms with E-state index in [2.05, 4.69) is 46.6 Å². The Morgan fingerprint density at radius 2 is 1.78 bits per heavy atom. The van der Waals surface area contributed by atoms with Crippen LogP contribution in [0.15, 0.2) is 48.7 Å². The van der Waals surface area contributed by atoms with E-state index in [-0.39, 0.29) is 0 Å². The van der Waals surface area contributed by atoms with Crippen LogP contribution in [0.2, 0.25) is 0 Å². The maximum Gasteiger partial charge on any atom is 0.178 e. The Balaban J connectivity index is 2.35. The van der Waals surface area contributed by atoms with Gasteiger partial charge in [-0.25, -0.2) is 9.97 Å². The summed E-state index contributed by atoms with van der Waals surface area (Å²) in [6.45, 7) is 4.31. The second-order valence-electron chi connectivity index (χ2n) is 4.64. The van der Waals surface area contributed by atoms with Crippen LogP contribution < -0.4 is 0 Å². The number of hydrogen-bond acceptors (Lipinski definition) is 2. The van der Waals surface area contributed by atoms with Crippen LogP contribution in [0.1, 0.15) is 25.6 Å². The molecule has 3 aromatic rings. The summed E-state index contributed by atoms with van der Waals surface area (Å²) in [7, 11) is 0. The van der Waals surface area contributed by atoms with Crippen molar-refractivity contribution < 1.29 is 0 Å². The standard InChI is InChI=1S/C15H15N3/c1-11(2)15-17-14-13(9-6-10-16-14)18(15)12-7-4-3-5-8-12/h3-11H,1-2H3. The van der Waals surface area contributed by atoms with Gasteiger partial charge >= 0.3 is 0 Å². The van der Waals surface area contributed by atoms with Gasteiger partial charge in [0.25, 0.3) is 0 Å². The van der Waals surface area contributed by atoms with Crippen molar-refractivity contribution in [2.24, 2.45) is 0 Å². The third-order valence-corrected chi connectivity index (χ3v) is 2.99. The minimum Gasteiger partial charge on any atom is -0.294 e. The van der Waals surface area contributed by atoms with Crippen molar-refractivity contribution in [3.05, 3.63) is 54.5 Å². The SMILES string of the molecule is CC(C)c1nc2ncccc2n1-c1ccccc1. The molecule has 0 N–H and O–H groups in total. The first-order chi connectivity index (χ1) is 8.77. The summed E-state index contributed by atoms with van der Waals surface area (Å²) in [5.41, 5.74) is 3.01. The van der Waals surface area contributed by atoms with Gasteiger partial charge in [0, 0.05) is 17.8 Å². The van der Waals surface area contributed by atoms with Gasteiger partial charge in [0.05, 0.1) is 5.52 Å². The van der Waals surface area contributed by atoms with Gasteiger partial charge < -0.3 is 0 Å². The van der Waals surface area contributed by atoms with Crippen molar-refractivity contribution in [3.63, 3.8) is 0 Å². The number of fused-ring (bicyclic) bond motifs is 1. The molecule has 3 heteroatoms. The maximum atomic E-state index is 4.64. The lowest BCUT2D eigenvalue weighted by molar-refractivity contribution is 0.759. The molecular formula is C15H15N3. The predicted molar refractivity (Wildman–Crippen MR) is 73.0 cm³/mol. The number of hydrogen-bond donors (Lipinski definition) is 0. The second-order valence-corrected chi connectivity index (χ2v) is 4.64. The predicted octanol–water partition coefficient (Wildman–Crippen LogP) is 3.54. The number of aromatic nitrogens is 3. The zero-order chi connectivity index (χ0) is 12.5. The van der Waals surface area contributed by atoms with Crippen LogP contribution in [0.25, 0.3) is 16.9 Å². The summed E-state index contributed by atoms with van der Waals surface area (Å²) in [6, 6.07) is 14.3. The minimum atomic E-state index is 0.361.